The van der Waals surface area contributed by atoms with Crippen LogP contribution in [-0.2, 0) is 0 Å². The number of ether oxygens (including phenoxy) is 3. The fraction of sp³-hybridized carbons (Fsp3) is 0.190. The van der Waals surface area contributed by atoms with Crippen molar-refractivity contribution in [2.75, 3.05) is 27.1 Å². The number of methoxy groups -OCH3 is 3. The molecular weight excluding hydrogens is 376 g/mol. The van der Waals surface area contributed by atoms with Gasteiger partial charge in [0.25, 0.3) is 0 Å². The van der Waals surface area contributed by atoms with Gasteiger partial charge in [-0.05, 0) is 24.3 Å². The number of rotatable bonds is 8. The first kappa shape index (κ1) is 19.7. The van der Waals surface area contributed by atoms with Crippen LogP contribution < -0.4 is 14.2 Å². The van der Waals surface area contributed by atoms with Gasteiger partial charge in [0.2, 0.25) is 5.75 Å². The Morgan fingerprint density at radius 1 is 0.893 bits per heavy atom. The zero-order valence-corrected chi connectivity index (χ0v) is 16.7. The Hall–Kier alpha value is -3.06. The predicted molar refractivity (Wildman–Crippen MR) is 109 cm³/mol. The molecule has 7 heteroatoms. The monoisotopic (exact) mass is 396 g/mol. The summed E-state index contributed by atoms with van der Waals surface area (Å²) in [5, 5.41) is 9.18. The summed E-state index contributed by atoms with van der Waals surface area (Å²) in [7, 11) is 4.69. The van der Waals surface area contributed by atoms with Gasteiger partial charge in [0.15, 0.2) is 17.3 Å². The van der Waals surface area contributed by atoms with Crippen molar-refractivity contribution < 1.29 is 19.0 Å². The van der Waals surface area contributed by atoms with Crippen LogP contribution in [0.4, 0.5) is 0 Å². The van der Waals surface area contributed by atoms with Crippen molar-refractivity contribution in [3.05, 3.63) is 60.2 Å². The lowest BCUT2D eigenvalue weighted by Crippen LogP contribution is -2.02. The van der Waals surface area contributed by atoms with E-state index in [1.54, 1.807) is 21.3 Å². The maximum absolute atomic E-state index is 12.2. The Morgan fingerprint density at radius 3 is 2.11 bits per heavy atom. The molecule has 6 nitrogen and oxygen atoms in total. The molecule has 0 radical (unpaired) electrons. The molecule has 0 bridgehead atoms. The number of carbonyl (C=O) groups is 1. The molecule has 3 aromatic rings. The Kier molecular flexibility index (Phi) is 6.49. The summed E-state index contributed by atoms with van der Waals surface area (Å²) in [5.74, 6) is 1.98. The lowest BCUT2D eigenvalue weighted by molar-refractivity contribution is 0.102. The Morgan fingerprint density at radius 2 is 1.57 bits per heavy atom. The van der Waals surface area contributed by atoms with Crippen LogP contribution in [-0.4, -0.2) is 43.1 Å². The third kappa shape index (κ3) is 4.43. The first-order chi connectivity index (χ1) is 13.7. The summed E-state index contributed by atoms with van der Waals surface area (Å²) >= 11 is 1.36. The second-order valence-electron chi connectivity index (χ2n) is 5.75. The van der Waals surface area contributed by atoms with E-state index in [-0.39, 0.29) is 5.78 Å². The summed E-state index contributed by atoms with van der Waals surface area (Å²) in [6.45, 7) is 0. The van der Waals surface area contributed by atoms with Crippen molar-refractivity contribution in [2.24, 2.45) is 0 Å². The van der Waals surface area contributed by atoms with E-state index in [9.17, 15) is 4.79 Å². The minimum absolute atomic E-state index is 0.0566. The summed E-state index contributed by atoms with van der Waals surface area (Å²) < 4.78 is 16.1. The van der Waals surface area contributed by atoms with E-state index in [0.717, 1.165) is 5.56 Å². The number of aromatic nitrogens is 2. The van der Waals surface area contributed by atoms with Crippen LogP contribution in [0.3, 0.4) is 0 Å². The standard InChI is InChI=1S/C21H20N2O4S/c1-25-18-11-15(12-19(26-2)21(18)27-3)16-9-10-20(23-22-16)28-13-17(24)14-7-5-4-6-8-14/h4-12H,13H2,1-3H3. The lowest BCUT2D eigenvalue weighted by atomic mass is 10.1. The van der Waals surface area contributed by atoms with Crippen molar-refractivity contribution in [1.29, 1.82) is 0 Å². The minimum Gasteiger partial charge on any atom is -0.493 e. The van der Waals surface area contributed by atoms with Gasteiger partial charge in [-0.2, -0.15) is 0 Å². The quantitative estimate of drug-likeness (QED) is 0.418. The molecular formula is C21H20N2O4S. The molecule has 1 aromatic heterocycles. The van der Waals surface area contributed by atoms with Crippen molar-refractivity contribution in [1.82, 2.24) is 10.2 Å². The molecule has 3 rings (SSSR count). The largest absolute Gasteiger partial charge is 0.493 e. The smallest absolute Gasteiger partial charge is 0.203 e. The second kappa shape index (κ2) is 9.23. The van der Waals surface area contributed by atoms with E-state index in [1.165, 1.54) is 11.8 Å². The molecule has 2 aromatic carbocycles. The molecule has 0 spiro atoms. The fourth-order valence-electron chi connectivity index (χ4n) is 2.63. The highest BCUT2D eigenvalue weighted by atomic mass is 32.2. The third-order valence-corrected chi connectivity index (χ3v) is 4.97. The normalized spacial score (nSPS) is 10.4. The van der Waals surface area contributed by atoms with Gasteiger partial charge in [-0.25, -0.2) is 0 Å². The number of hydrogen-bond donors (Lipinski definition) is 0. The topological polar surface area (TPSA) is 70.5 Å². The summed E-state index contributed by atoms with van der Waals surface area (Å²) in [4.78, 5) is 12.2. The molecule has 28 heavy (non-hydrogen) atoms. The molecule has 0 saturated carbocycles. The van der Waals surface area contributed by atoms with Gasteiger partial charge in [0.05, 0.1) is 32.8 Å². The molecule has 0 amide bonds. The Balaban J connectivity index is 1.75. The second-order valence-corrected chi connectivity index (χ2v) is 6.74. The van der Waals surface area contributed by atoms with Crippen LogP contribution in [0.2, 0.25) is 0 Å². The molecule has 0 saturated heterocycles. The highest BCUT2D eigenvalue weighted by molar-refractivity contribution is 7.99. The van der Waals surface area contributed by atoms with Gasteiger partial charge in [0, 0.05) is 11.1 Å². The summed E-state index contributed by atoms with van der Waals surface area (Å²) in [5.41, 5.74) is 2.15. The van der Waals surface area contributed by atoms with E-state index in [0.29, 0.717) is 39.3 Å². The van der Waals surface area contributed by atoms with E-state index in [2.05, 4.69) is 10.2 Å². The van der Waals surface area contributed by atoms with Crippen LogP contribution in [0.25, 0.3) is 11.3 Å². The lowest BCUT2D eigenvalue weighted by Gasteiger charge is -2.13. The minimum atomic E-state index is 0.0566. The first-order valence-electron chi connectivity index (χ1n) is 8.51. The first-order valence-corrected chi connectivity index (χ1v) is 9.50. The molecule has 1 heterocycles. The third-order valence-electron chi connectivity index (χ3n) is 4.05. The maximum Gasteiger partial charge on any atom is 0.203 e. The molecule has 0 fully saturated rings. The van der Waals surface area contributed by atoms with Crippen LogP contribution in [0.1, 0.15) is 10.4 Å². The van der Waals surface area contributed by atoms with Crippen LogP contribution in [0.15, 0.2) is 59.6 Å². The number of thioether (sulfide) groups is 1. The van der Waals surface area contributed by atoms with Crippen LogP contribution in [0, 0.1) is 0 Å². The van der Waals surface area contributed by atoms with Gasteiger partial charge in [-0.3, -0.25) is 4.79 Å². The van der Waals surface area contributed by atoms with Gasteiger partial charge >= 0.3 is 0 Å². The molecule has 0 atom stereocenters. The average Bonchev–Trinajstić information content (AvgIpc) is 2.77. The van der Waals surface area contributed by atoms with Crippen molar-refractivity contribution in [3.63, 3.8) is 0 Å². The number of benzene rings is 2. The van der Waals surface area contributed by atoms with Crippen LogP contribution in [0.5, 0.6) is 17.2 Å². The Labute approximate surface area is 167 Å². The van der Waals surface area contributed by atoms with Crippen molar-refractivity contribution in [2.45, 2.75) is 5.03 Å². The maximum atomic E-state index is 12.2. The zero-order chi connectivity index (χ0) is 19.9. The average molecular weight is 396 g/mol. The highest BCUT2D eigenvalue weighted by Crippen LogP contribution is 2.40. The van der Waals surface area contributed by atoms with E-state index >= 15 is 0 Å². The van der Waals surface area contributed by atoms with Crippen molar-refractivity contribution >= 4 is 17.5 Å². The highest BCUT2D eigenvalue weighted by Gasteiger charge is 2.15. The molecule has 0 N–H and O–H groups in total. The molecule has 0 aliphatic carbocycles. The van der Waals surface area contributed by atoms with Crippen molar-refractivity contribution in [3.8, 4) is 28.5 Å². The molecule has 0 unspecified atom stereocenters. The van der Waals surface area contributed by atoms with Gasteiger partial charge < -0.3 is 14.2 Å². The summed E-state index contributed by atoms with van der Waals surface area (Å²) in [6.07, 6.45) is 0. The molecule has 0 aliphatic heterocycles. The van der Waals surface area contributed by atoms with Gasteiger partial charge in [0.1, 0.15) is 5.03 Å². The van der Waals surface area contributed by atoms with Gasteiger partial charge in [-0.15, -0.1) is 10.2 Å². The van der Waals surface area contributed by atoms with Crippen LogP contribution >= 0.6 is 11.8 Å². The molecule has 144 valence electrons. The predicted octanol–water partition coefficient (Wildman–Crippen LogP) is 4.14. The number of hydrogen-bond acceptors (Lipinski definition) is 7. The number of ketones is 1. The Bertz CT molecular complexity index is 921. The van der Waals surface area contributed by atoms with E-state index < -0.39 is 0 Å². The summed E-state index contributed by atoms with van der Waals surface area (Å²) in [6, 6.07) is 16.5. The number of Topliss-reactive ketones (excluding diaryl/α,β-unsaturated/α-hetero) is 1. The molecule has 0 aliphatic rings. The number of nitrogens with zero attached hydrogens (tertiary/aromatic N) is 2. The van der Waals surface area contributed by atoms with E-state index in [1.807, 2.05) is 54.6 Å². The SMILES string of the molecule is COc1cc(-c2ccc(SCC(=O)c3ccccc3)nn2)cc(OC)c1OC. The number of carbonyl (C=O) groups excluding carboxylic acids is 1. The zero-order valence-electron chi connectivity index (χ0n) is 15.8. The fourth-order valence-corrected chi connectivity index (χ4v) is 3.34. The van der Waals surface area contributed by atoms with Gasteiger partial charge in [-0.1, -0.05) is 42.1 Å². The van der Waals surface area contributed by atoms with E-state index in [4.69, 9.17) is 14.2 Å².